The minimum atomic E-state index is -0.431. The second kappa shape index (κ2) is 13.1. The zero-order valence-electron chi connectivity index (χ0n) is 22.6. The molecule has 2 saturated heterocycles. The van der Waals surface area contributed by atoms with E-state index in [0.29, 0.717) is 13.1 Å². The van der Waals surface area contributed by atoms with E-state index in [0.717, 1.165) is 43.7 Å². The van der Waals surface area contributed by atoms with E-state index in [9.17, 15) is 4.79 Å². The van der Waals surface area contributed by atoms with Gasteiger partial charge in [-0.1, -0.05) is 34.1 Å². The number of amides is 1. The fraction of sp³-hybridized carbons (Fsp3) is 0.400. The van der Waals surface area contributed by atoms with Gasteiger partial charge in [-0.2, -0.15) is 0 Å². The number of anilines is 2. The van der Waals surface area contributed by atoms with Gasteiger partial charge in [0.25, 0.3) is 0 Å². The zero-order valence-corrected chi connectivity index (χ0v) is 24.2. The Balaban J connectivity index is 0.000000178. The number of ether oxygens (including phenoxy) is 1. The summed E-state index contributed by atoms with van der Waals surface area (Å²) in [6, 6.07) is 21.1. The summed E-state index contributed by atoms with van der Waals surface area (Å²) in [4.78, 5) is 22.6. The van der Waals surface area contributed by atoms with Crippen molar-refractivity contribution in [3.63, 3.8) is 0 Å². The molecule has 5 rings (SSSR count). The first-order valence-corrected chi connectivity index (χ1v) is 14.0. The quantitative estimate of drug-likeness (QED) is 0.431. The van der Waals surface area contributed by atoms with Gasteiger partial charge in [0.2, 0.25) is 0 Å². The molecule has 3 heterocycles. The molecule has 1 aromatic heterocycles. The smallest absolute Gasteiger partial charge is 0.410 e. The molecule has 0 saturated carbocycles. The summed E-state index contributed by atoms with van der Waals surface area (Å²) in [5, 5.41) is 3.37. The van der Waals surface area contributed by atoms with Crippen molar-refractivity contribution < 1.29 is 9.53 Å². The van der Waals surface area contributed by atoms with Crippen LogP contribution in [0.5, 0.6) is 0 Å². The molecule has 0 unspecified atom stereocenters. The van der Waals surface area contributed by atoms with E-state index >= 15 is 0 Å². The van der Waals surface area contributed by atoms with Crippen LogP contribution in [0.2, 0.25) is 0 Å². The third-order valence-corrected chi connectivity index (χ3v) is 7.00. The predicted molar refractivity (Wildman–Crippen MR) is 159 cm³/mol. The normalized spacial score (nSPS) is 15.9. The fourth-order valence-electron chi connectivity index (χ4n) is 4.45. The first-order chi connectivity index (χ1) is 18.3. The number of hydrogen-bond acceptors (Lipinski definition) is 6. The molecule has 0 atom stereocenters. The Morgan fingerprint density at radius 3 is 1.95 bits per heavy atom. The molecule has 0 spiro atoms. The van der Waals surface area contributed by atoms with Crippen molar-refractivity contribution in [3.05, 3.63) is 77.5 Å². The zero-order chi connectivity index (χ0) is 27.0. The van der Waals surface area contributed by atoms with E-state index in [1.54, 1.807) is 11.1 Å². The average molecular weight is 581 g/mol. The summed E-state index contributed by atoms with van der Waals surface area (Å²) >= 11 is 3.44. The van der Waals surface area contributed by atoms with E-state index in [4.69, 9.17) is 4.74 Å². The number of pyridine rings is 1. The molecule has 0 bridgehead atoms. The monoisotopic (exact) mass is 579 g/mol. The van der Waals surface area contributed by atoms with E-state index in [1.165, 1.54) is 22.5 Å². The summed E-state index contributed by atoms with van der Waals surface area (Å²) in [6.45, 7) is 13.1. The molecule has 0 aliphatic carbocycles. The number of aromatic nitrogens is 1. The molecule has 202 valence electrons. The minimum absolute atomic E-state index is 0.215. The van der Waals surface area contributed by atoms with Gasteiger partial charge < -0.3 is 24.8 Å². The van der Waals surface area contributed by atoms with Crippen LogP contribution in [0.4, 0.5) is 16.2 Å². The molecule has 38 heavy (non-hydrogen) atoms. The van der Waals surface area contributed by atoms with Gasteiger partial charge >= 0.3 is 6.09 Å². The lowest BCUT2D eigenvalue weighted by Gasteiger charge is -2.36. The Kier molecular flexibility index (Phi) is 9.63. The highest BCUT2D eigenvalue weighted by molar-refractivity contribution is 9.10. The number of halogens is 1. The van der Waals surface area contributed by atoms with Crippen LogP contribution in [0.15, 0.2) is 77.5 Å². The van der Waals surface area contributed by atoms with Crippen molar-refractivity contribution in [2.24, 2.45) is 0 Å². The Morgan fingerprint density at radius 2 is 1.39 bits per heavy atom. The molecule has 1 amide bonds. The number of benzene rings is 2. The van der Waals surface area contributed by atoms with Crippen LogP contribution in [-0.2, 0) is 4.74 Å². The Hall–Kier alpha value is -3.10. The second-order valence-electron chi connectivity index (χ2n) is 10.5. The summed E-state index contributed by atoms with van der Waals surface area (Å²) in [5.74, 6) is 0. The third-order valence-electron chi connectivity index (χ3n) is 6.47. The van der Waals surface area contributed by atoms with Crippen molar-refractivity contribution in [1.82, 2.24) is 15.2 Å². The van der Waals surface area contributed by atoms with Gasteiger partial charge in [0.1, 0.15) is 5.60 Å². The fourth-order valence-corrected chi connectivity index (χ4v) is 4.71. The Morgan fingerprint density at radius 1 is 0.816 bits per heavy atom. The molecule has 8 heteroatoms. The highest BCUT2D eigenvalue weighted by Gasteiger charge is 2.25. The van der Waals surface area contributed by atoms with Crippen molar-refractivity contribution in [3.8, 4) is 11.1 Å². The Bertz CT molecular complexity index is 1140. The van der Waals surface area contributed by atoms with Crippen LogP contribution in [0.25, 0.3) is 11.1 Å². The predicted octanol–water partition coefficient (Wildman–Crippen LogP) is 5.66. The van der Waals surface area contributed by atoms with Crippen LogP contribution in [0.1, 0.15) is 20.8 Å². The molecular weight excluding hydrogens is 542 g/mol. The number of carbonyl (C=O) groups is 1. The maximum absolute atomic E-state index is 12.0. The second-order valence-corrected chi connectivity index (χ2v) is 11.4. The molecular formula is C30H38BrN5O2. The first-order valence-electron chi connectivity index (χ1n) is 13.2. The summed E-state index contributed by atoms with van der Waals surface area (Å²) < 4.78 is 6.47. The van der Waals surface area contributed by atoms with Crippen LogP contribution in [-0.4, -0.2) is 73.9 Å². The maximum atomic E-state index is 12.0. The SMILES string of the molecule is CC(C)(C)OC(=O)N1CCN(c2ccc(Br)cc2)CC1.c1cncc(-c2ccc(N3CCNCC3)cc2)c1. The largest absolute Gasteiger partial charge is 0.444 e. The van der Waals surface area contributed by atoms with Gasteiger partial charge in [0, 0.05) is 80.6 Å². The maximum Gasteiger partial charge on any atom is 0.410 e. The lowest BCUT2D eigenvalue weighted by Crippen LogP contribution is -2.50. The van der Waals surface area contributed by atoms with Crippen LogP contribution < -0.4 is 15.1 Å². The standard InChI is InChI=1S/C15H21BrN2O2.C15H17N3/c1-15(2,3)20-14(19)18-10-8-17(9-11-18)13-6-4-12(16)5-7-13;1-2-14(12-17-7-1)13-3-5-15(6-4-13)18-10-8-16-9-11-18/h4-7H,8-11H2,1-3H3;1-7,12,16H,8-11H2. The van der Waals surface area contributed by atoms with Gasteiger partial charge in [0.15, 0.2) is 0 Å². The summed E-state index contributed by atoms with van der Waals surface area (Å²) in [7, 11) is 0. The number of hydrogen-bond donors (Lipinski definition) is 1. The first kappa shape index (κ1) is 27.9. The van der Waals surface area contributed by atoms with Gasteiger partial charge in [-0.05, 0) is 74.4 Å². The number of carbonyl (C=O) groups excluding carboxylic acids is 1. The minimum Gasteiger partial charge on any atom is -0.444 e. The van der Waals surface area contributed by atoms with Crippen LogP contribution in [0.3, 0.4) is 0 Å². The topological polar surface area (TPSA) is 60.9 Å². The lowest BCUT2D eigenvalue weighted by molar-refractivity contribution is 0.0240. The average Bonchev–Trinajstić information content (AvgIpc) is 2.94. The highest BCUT2D eigenvalue weighted by atomic mass is 79.9. The number of nitrogens with zero attached hydrogens (tertiary/aromatic N) is 4. The molecule has 2 fully saturated rings. The van der Waals surface area contributed by atoms with E-state index < -0.39 is 5.60 Å². The van der Waals surface area contributed by atoms with Crippen LogP contribution >= 0.6 is 15.9 Å². The molecule has 2 aromatic carbocycles. The van der Waals surface area contributed by atoms with Crippen molar-refractivity contribution >= 4 is 33.4 Å². The van der Waals surface area contributed by atoms with E-state index in [2.05, 4.69) is 78.5 Å². The van der Waals surface area contributed by atoms with E-state index in [1.807, 2.05) is 45.2 Å². The number of rotatable bonds is 3. The number of piperazine rings is 2. The van der Waals surface area contributed by atoms with Crippen LogP contribution in [0, 0.1) is 0 Å². The lowest BCUT2D eigenvalue weighted by atomic mass is 10.1. The van der Waals surface area contributed by atoms with Gasteiger partial charge in [-0.15, -0.1) is 0 Å². The van der Waals surface area contributed by atoms with E-state index in [-0.39, 0.29) is 6.09 Å². The van der Waals surface area contributed by atoms with Crippen molar-refractivity contribution in [2.75, 3.05) is 62.2 Å². The van der Waals surface area contributed by atoms with Gasteiger partial charge in [0.05, 0.1) is 0 Å². The molecule has 7 nitrogen and oxygen atoms in total. The summed E-state index contributed by atoms with van der Waals surface area (Å²) in [5.41, 5.74) is 4.47. The Labute approximate surface area is 234 Å². The molecule has 0 radical (unpaired) electrons. The molecule has 2 aliphatic rings. The summed E-state index contributed by atoms with van der Waals surface area (Å²) in [6.07, 6.45) is 3.49. The molecule has 3 aromatic rings. The van der Waals surface area contributed by atoms with Crippen molar-refractivity contribution in [2.45, 2.75) is 26.4 Å². The highest BCUT2D eigenvalue weighted by Crippen LogP contribution is 2.23. The van der Waals surface area contributed by atoms with Gasteiger partial charge in [-0.25, -0.2) is 4.79 Å². The molecule has 2 aliphatic heterocycles. The number of nitrogens with one attached hydrogen (secondary N) is 1. The van der Waals surface area contributed by atoms with Crippen molar-refractivity contribution in [1.29, 1.82) is 0 Å². The molecule has 1 N–H and O–H groups in total. The van der Waals surface area contributed by atoms with Gasteiger partial charge in [-0.3, -0.25) is 4.98 Å². The third kappa shape index (κ3) is 8.20.